The Morgan fingerprint density at radius 2 is 2.06 bits per heavy atom. The molecule has 2 nitrogen and oxygen atoms in total. The highest BCUT2D eigenvalue weighted by atomic mass is 35.5. The first kappa shape index (κ1) is 11.1. The van der Waals surface area contributed by atoms with Crippen molar-refractivity contribution in [2.45, 2.75) is 13.3 Å². The quantitative estimate of drug-likeness (QED) is 0.818. The second-order valence-electron chi connectivity index (χ2n) is 3.50. The fourth-order valence-corrected chi connectivity index (χ4v) is 1.84. The van der Waals surface area contributed by atoms with Crippen molar-refractivity contribution in [3.63, 3.8) is 0 Å². The van der Waals surface area contributed by atoms with Gasteiger partial charge in [0, 0.05) is 11.5 Å². The van der Waals surface area contributed by atoms with Crippen molar-refractivity contribution in [2.75, 3.05) is 0 Å². The van der Waals surface area contributed by atoms with Crippen molar-refractivity contribution in [3.05, 3.63) is 44.7 Å². The van der Waals surface area contributed by atoms with Gasteiger partial charge in [0.25, 0.3) is 6.43 Å². The number of benzene rings is 1. The number of H-pyrrole nitrogens is 1. The number of halogens is 3. The zero-order valence-corrected chi connectivity index (χ0v) is 9.11. The molecule has 16 heavy (non-hydrogen) atoms. The Bertz CT molecular complexity index is 607. The summed E-state index contributed by atoms with van der Waals surface area (Å²) in [6.45, 7) is 1.73. The molecule has 1 aromatic heterocycles. The minimum absolute atomic E-state index is 0.264. The van der Waals surface area contributed by atoms with E-state index in [0.29, 0.717) is 10.9 Å². The fourth-order valence-electron chi connectivity index (χ4n) is 1.63. The van der Waals surface area contributed by atoms with E-state index in [9.17, 15) is 13.6 Å². The number of nitrogens with one attached hydrogen (secondary N) is 1. The van der Waals surface area contributed by atoms with Crippen LogP contribution in [0.2, 0.25) is 5.02 Å². The smallest absolute Gasteiger partial charge is 0.278 e. The molecule has 1 N–H and O–H groups in total. The van der Waals surface area contributed by atoms with Gasteiger partial charge < -0.3 is 4.98 Å². The van der Waals surface area contributed by atoms with Crippen LogP contribution in [0.5, 0.6) is 0 Å². The summed E-state index contributed by atoms with van der Waals surface area (Å²) in [5.74, 6) is 0. The Morgan fingerprint density at radius 1 is 1.38 bits per heavy atom. The highest BCUT2D eigenvalue weighted by Crippen LogP contribution is 2.24. The molecule has 2 rings (SSSR count). The van der Waals surface area contributed by atoms with E-state index in [1.165, 1.54) is 0 Å². The zero-order chi connectivity index (χ0) is 11.9. The maximum absolute atomic E-state index is 12.5. The lowest BCUT2D eigenvalue weighted by atomic mass is 10.1. The van der Waals surface area contributed by atoms with Gasteiger partial charge in [-0.2, -0.15) is 0 Å². The molecule has 0 bridgehead atoms. The lowest BCUT2D eigenvalue weighted by molar-refractivity contribution is 0.146. The van der Waals surface area contributed by atoms with Gasteiger partial charge in [-0.25, -0.2) is 8.78 Å². The van der Waals surface area contributed by atoms with Crippen molar-refractivity contribution in [2.24, 2.45) is 0 Å². The van der Waals surface area contributed by atoms with Crippen LogP contribution >= 0.6 is 11.6 Å². The van der Waals surface area contributed by atoms with Gasteiger partial charge in [0.1, 0.15) is 0 Å². The second-order valence-corrected chi connectivity index (χ2v) is 3.91. The SMILES string of the molecule is Cc1ccc(Cl)c2[nH]c(C(F)F)cc(=O)c12. The number of pyridine rings is 1. The van der Waals surface area contributed by atoms with Gasteiger partial charge in [-0.3, -0.25) is 4.79 Å². The van der Waals surface area contributed by atoms with E-state index in [1.807, 2.05) is 0 Å². The first-order valence-corrected chi connectivity index (χ1v) is 4.98. The lowest BCUT2D eigenvalue weighted by Gasteiger charge is -2.06. The van der Waals surface area contributed by atoms with E-state index in [4.69, 9.17) is 11.6 Å². The van der Waals surface area contributed by atoms with E-state index in [1.54, 1.807) is 19.1 Å². The summed E-state index contributed by atoms with van der Waals surface area (Å²) >= 11 is 5.86. The zero-order valence-electron chi connectivity index (χ0n) is 8.35. The predicted octanol–water partition coefficient (Wildman–Crippen LogP) is 3.43. The summed E-state index contributed by atoms with van der Waals surface area (Å²) in [5, 5.41) is 0.622. The van der Waals surface area contributed by atoms with E-state index in [2.05, 4.69) is 4.98 Å². The molecule has 0 saturated carbocycles. The number of hydrogen-bond acceptors (Lipinski definition) is 1. The van der Waals surface area contributed by atoms with Crippen LogP contribution in [0.4, 0.5) is 8.78 Å². The molecular weight excluding hydrogens is 236 g/mol. The van der Waals surface area contributed by atoms with Gasteiger partial charge in [0.2, 0.25) is 0 Å². The van der Waals surface area contributed by atoms with Crippen molar-refractivity contribution >= 4 is 22.5 Å². The molecule has 0 saturated heterocycles. The van der Waals surface area contributed by atoms with Gasteiger partial charge in [-0.15, -0.1) is 0 Å². The Hall–Kier alpha value is -1.42. The average Bonchev–Trinajstić information content (AvgIpc) is 2.22. The molecule has 1 aromatic carbocycles. The lowest BCUT2D eigenvalue weighted by Crippen LogP contribution is -2.07. The molecule has 2 aromatic rings. The van der Waals surface area contributed by atoms with Gasteiger partial charge in [-0.05, 0) is 18.6 Å². The summed E-state index contributed by atoms with van der Waals surface area (Å²) in [6, 6.07) is 4.17. The maximum atomic E-state index is 12.5. The third-order valence-electron chi connectivity index (χ3n) is 2.40. The molecule has 0 fully saturated rings. The number of aryl methyl sites for hydroxylation is 1. The highest BCUT2D eigenvalue weighted by Gasteiger charge is 2.13. The predicted molar refractivity (Wildman–Crippen MR) is 59.3 cm³/mol. The first-order valence-electron chi connectivity index (χ1n) is 4.61. The fraction of sp³-hybridized carbons (Fsp3) is 0.182. The Balaban J connectivity index is 2.92. The van der Waals surface area contributed by atoms with Crippen LogP contribution in [0.3, 0.4) is 0 Å². The van der Waals surface area contributed by atoms with E-state index in [-0.39, 0.29) is 10.5 Å². The summed E-state index contributed by atoms with van der Waals surface area (Å²) in [4.78, 5) is 14.2. The Kier molecular flexibility index (Phi) is 2.68. The van der Waals surface area contributed by atoms with Crippen LogP contribution in [-0.2, 0) is 0 Å². The van der Waals surface area contributed by atoms with Crippen LogP contribution in [-0.4, -0.2) is 4.98 Å². The van der Waals surface area contributed by atoms with Crippen molar-refractivity contribution < 1.29 is 8.78 Å². The summed E-state index contributed by atoms with van der Waals surface area (Å²) in [6.07, 6.45) is -2.71. The number of aromatic amines is 1. The van der Waals surface area contributed by atoms with E-state index in [0.717, 1.165) is 6.07 Å². The second kappa shape index (κ2) is 3.87. The third kappa shape index (κ3) is 1.69. The molecule has 5 heteroatoms. The summed E-state index contributed by atoms with van der Waals surface area (Å²) in [7, 11) is 0. The van der Waals surface area contributed by atoms with E-state index < -0.39 is 17.5 Å². The number of alkyl halides is 2. The molecule has 84 valence electrons. The first-order chi connectivity index (χ1) is 7.50. The van der Waals surface area contributed by atoms with Crippen molar-refractivity contribution in [3.8, 4) is 0 Å². The standard InChI is InChI=1S/C11H8ClF2NO/c1-5-2-3-6(12)10-9(5)8(16)4-7(15-10)11(13)14/h2-4,11H,1H3,(H,15,16). The van der Waals surface area contributed by atoms with Crippen LogP contribution in [0, 0.1) is 6.92 Å². The van der Waals surface area contributed by atoms with E-state index >= 15 is 0 Å². The minimum Gasteiger partial charge on any atom is -0.352 e. The third-order valence-corrected chi connectivity index (χ3v) is 2.72. The normalized spacial score (nSPS) is 11.3. The topological polar surface area (TPSA) is 32.9 Å². The average molecular weight is 244 g/mol. The van der Waals surface area contributed by atoms with Gasteiger partial charge >= 0.3 is 0 Å². The summed E-state index contributed by atoms with van der Waals surface area (Å²) in [5.41, 5.74) is 0.125. The number of rotatable bonds is 1. The highest BCUT2D eigenvalue weighted by molar-refractivity contribution is 6.35. The Morgan fingerprint density at radius 3 is 2.69 bits per heavy atom. The molecule has 0 aliphatic rings. The largest absolute Gasteiger partial charge is 0.352 e. The number of fused-ring (bicyclic) bond motifs is 1. The molecule has 0 aliphatic carbocycles. The van der Waals surface area contributed by atoms with Gasteiger partial charge in [0.15, 0.2) is 5.43 Å². The number of hydrogen-bond donors (Lipinski definition) is 1. The summed E-state index contributed by atoms with van der Waals surface area (Å²) < 4.78 is 25.0. The van der Waals surface area contributed by atoms with Gasteiger partial charge in [-0.1, -0.05) is 17.7 Å². The maximum Gasteiger partial charge on any atom is 0.278 e. The van der Waals surface area contributed by atoms with Crippen LogP contribution in [0.1, 0.15) is 17.7 Å². The molecule has 0 spiro atoms. The molecule has 0 aliphatic heterocycles. The van der Waals surface area contributed by atoms with Crippen molar-refractivity contribution in [1.82, 2.24) is 4.98 Å². The molecular formula is C11H8ClF2NO. The molecule has 0 radical (unpaired) electrons. The van der Waals surface area contributed by atoms with Crippen LogP contribution in [0.15, 0.2) is 23.0 Å². The number of aromatic nitrogens is 1. The molecule has 0 unspecified atom stereocenters. The Labute approximate surface area is 94.9 Å². The minimum atomic E-state index is -2.71. The monoisotopic (exact) mass is 243 g/mol. The van der Waals surface area contributed by atoms with Crippen molar-refractivity contribution in [1.29, 1.82) is 0 Å². The van der Waals surface area contributed by atoms with Crippen LogP contribution in [0.25, 0.3) is 10.9 Å². The molecule has 1 heterocycles. The molecule has 0 amide bonds. The van der Waals surface area contributed by atoms with Crippen LogP contribution < -0.4 is 5.43 Å². The van der Waals surface area contributed by atoms with Gasteiger partial charge in [0.05, 0.1) is 16.2 Å². The molecule has 0 atom stereocenters.